The molecule has 0 spiro atoms. The van der Waals surface area contributed by atoms with Crippen LogP contribution >= 0.6 is 0 Å². The SMILES string of the molecule is c1ccc(-c2cc3c4cccc5ccc6ccc7c(c6c54)c3c(c2)n7-c2ccccc2)cc1.c1ccc(-c2ccc(N(c3ccccc3)c3cccc(-n4c5cc(-c6ccccc6)cc6c7cccc8ccc9ccc4c(c9c87)c65)c3)cc2)cc1.c1ccc(-c2nc(-c3ccccc3)nc(-c3cccc(-n4c5cccc6c7cccc8ccc9ccc4c(c9c87)c65)n3)n2)cc1. The van der Waals surface area contributed by atoms with Crippen molar-refractivity contribution in [2.45, 2.75) is 0 Å². The van der Waals surface area contributed by atoms with Gasteiger partial charge in [0.1, 0.15) is 11.5 Å². The van der Waals surface area contributed by atoms with Crippen molar-refractivity contribution in [2.75, 3.05) is 4.90 Å². The first-order valence-electron chi connectivity index (χ1n) is 44.5. The third-order valence-electron chi connectivity index (χ3n) is 27.1. The molecule has 24 aromatic carbocycles. The summed E-state index contributed by atoms with van der Waals surface area (Å²) in [7, 11) is 0. The van der Waals surface area contributed by atoms with E-state index in [4.69, 9.17) is 19.9 Å². The molecule has 8 heteroatoms. The number of aromatic nitrogens is 7. The van der Waals surface area contributed by atoms with E-state index in [2.05, 4.69) is 395 Å². The highest BCUT2D eigenvalue weighted by molar-refractivity contribution is 6.43. The molecular formula is C122H74N8. The lowest BCUT2D eigenvalue weighted by Crippen LogP contribution is -2.10. The van der Waals surface area contributed by atoms with Gasteiger partial charge in [-0.1, -0.05) is 334 Å². The van der Waals surface area contributed by atoms with Crippen molar-refractivity contribution in [1.29, 1.82) is 0 Å². The van der Waals surface area contributed by atoms with Gasteiger partial charge in [0.25, 0.3) is 0 Å². The quantitative estimate of drug-likeness (QED) is 0.0900. The molecule has 0 radical (unpaired) electrons. The van der Waals surface area contributed by atoms with E-state index in [1.54, 1.807) is 0 Å². The lowest BCUT2D eigenvalue weighted by atomic mass is 9.88. The number of nitrogens with zero attached hydrogens (tertiary/aromatic N) is 8. The number of rotatable bonds is 12. The first kappa shape index (κ1) is 72.9. The molecule has 5 heterocycles. The molecule has 5 aromatic heterocycles. The van der Waals surface area contributed by atoms with Crippen LogP contribution in [0, 0.1) is 0 Å². The summed E-state index contributed by atoms with van der Waals surface area (Å²) in [4.78, 5) is 22.3. The monoisotopic (exact) mass is 1650 g/mol. The largest absolute Gasteiger partial charge is 0.310 e. The van der Waals surface area contributed by atoms with Gasteiger partial charge in [-0.05, 0) is 229 Å². The van der Waals surface area contributed by atoms with Gasteiger partial charge >= 0.3 is 0 Å². The number of benzene rings is 24. The fraction of sp³-hybridized carbons (Fsp3) is 0. The van der Waals surface area contributed by atoms with Crippen LogP contribution in [0.1, 0.15) is 0 Å². The van der Waals surface area contributed by atoms with E-state index in [0.717, 1.165) is 50.7 Å². The predicted molar refractivity (Wildman–Crippen MR) is 545 cm³/mol. The third-order valence-corrected chi connectivity index (χ3v) is 27.1. The Kier molecular flexibility index (Phi) is 16.3. The molecule has 0 unspecified atom stereocenters. The van der Waals surface area contributed by atoms with Crippen LogP contribution in [0.2, 0.25) is 0 Å². The van der Waals surface area contributed by atoms with E-state index >= 15 is 0 Å². The second kappa shape index (κ2) is 29.1. The Morgan fingerprint density at radius 2 is 0.492 bits per heavy atom. The van der Waals surface area contributed by atoms with Crippen LogP contribution < -0.4 is 4.90 Å². The van der Waals surface area contributed by atoms with Crippen molar-refractivity contribution in [3.8, 4) is 84.9 Å². The van der Waals surface area contributed by atoms with Crippen LogP contribution in [0.5, 0.6) is 0 Å². The summed E-state index contributed by atoms with van der Waals surface area (Å²) in [5, 5.41) is 31.6. The summed E-state index contributed by atoms with van der Waals surface area (Å²) in [6, 6.07) is 161. The van der Waals surface area contributed by atoms with Crippen LogP contribution in [0.25, 0.3) is 247 Å². The second-order valence-electron chi connectivity index (χ2n) is 34.2. The van der Waals surface area contributed by atoms with Gasteiger partial charge in [0, 0.05) is 88.0 Å². The maximum atomic E-state index is 5.23. The van der Waals surface area contributed by atoms with Crippen molar-refractivity contribution in [2.24, 2.45) is 0 Å². The average molecular weight is 1650 g/mol. The molecule has 0 saturated carbocycles. The molecule has 0 amide bonds. The Morgan fingerprint density at radius 1 is 0.162 bits per heavy atom. The summed E-state index contributed by atoms with van der Waals surface area (Å²) in [6.45, 7) is 0. The first-order valence-corrected chi connectivity index (χ1v) is 44.5. The molecule has 0 N–H and O–H groups in total. The maximum Gasteiger partial charge on any atom is 0.182 e. The van der Waals surface area contributed by atoms with Gasteiger partial charge in [-0.3, -0.25) is 4.57 Å². The Hall–Kier alpha value is -17.5. The molecular weight excluding hydrogens is 1580 g/mol. The van der Waals surface area contributed by atoms with Gasteiger partial charge in [-0.15, -0.1) is 0 Å². The predicted octanol–water partition coefficient (Wildman–Crippen LogP) is 32.4. The smallest absolute Gasteiger partial charge is 0.182 e. The van der Waals surface area contributed by atoms with Gasteiger partial charge in [0.2, 0.25) is 0 Å². The summed E-state index contributed by atoms with van der Waals surface area (Å²) in [5.41, 5.74) is 22.9. The number of pyridine rings is 1. The zero-order chi connectivity index (χ0) is 85.2. The minimum absolute atomic E-state index is 0.537. The van der Waals surface area contributed by atoms with Crippen molar-refractivity contribution < 1.29 is 0 Å². The summed E-state index contributed by atoms with van der Waals surface area (Å²) in [5.74, 6) is 2.60. The Balaban J connectivity index is 0.000000103. The van der Waals surface area contributed by atoms with E-state index in [0.29, 0.717) is 23.2 Å². The minimum Gasteiger partial charge on any atom is -0.310 e. The van der Waals surface area contributed by atoms with E-state index in [1.165, 1.54) is 190 Å². The molecule has 29 aromatic rings. The lowest BCUT2D eigenvalue weighted by Gasteiger charge is -2.26. The highest BCUT2D eigenvalue weighted by Gasteiger charge is 2.29. The van der Waals surface area contributed by atoms with E-state index in [9.17, 15) is 0 Å². The van der Waals surface area contributed by atoms with Crippen molar-refractivity contribution >= 4 is 179 Å². The molecule has 130 heavy (non-hydrogen) atoms. The molecule has 0 fully saturated rings. The van der Waals surface area contributed by atoms with Crippen LogP contribution in [-0.2, 0) is 0 Å². The van der Waals surface area contributed by atoms with Gasteiger partial charge < -0.3 is 14.0 Å². The highest BCUT2D eigenvalue weighted by atomic mass is 15.1. The molecule has 0 aliphatic heterocycles. The summed E-state index contributed by atoms with van der Waals surface area (Å²) < 4.78 is 7.24. The summed E-state index contributed by atoms with van der Waals surface area (Å²) in [6.07, 6.45) is 0. The van der Waals surface area contributed by atoms with Gasteiger partial charge in [0.15, 0.2) is 17.5 Å². The van der Waals surface area contributed by atoms with Crippen LogP contribution in [0.3, 0.4) is 0 Å². The molecule has 0 bridgehead atoms. The Morgan fingerprint density at radius 3 is 0.977 bits per heavy atom. The molecule has 29 rings (SSSR count). The zero-order valence-electron chi connectivity index (χ0n) is 70.3. The van der Waals surface area contributed by atoms with Crippen molar-refractivity contribution in [3.05, 3.63) is 449 Å². The number of anilines is 3. The first-order chi connectivity index (χ1) is 64.5. The topological polar surface area (TPSA) is 69.6 Å². The normalized spacial score (nSPS) is 12.0. The highest BCUT2D eigenvalue weighted by Crippen LogP contribution is 2.53. The standard InChI is InChI=1S/C50H32N2.C40H23N5.C32H19N/c1-4-12-33(13-5-1)35-24-27-40(28-25-35)51(39-17-8-3-9-18-39)41-19-11-20-42(32-41)52-45-29-26-37-23-22-36-16-10-21-43-44-30-38(34-14-6-2-7-15-34)31-46(52)49(44)50(45)48(37)47(36)43;1-3-10-26(11-4-1)38-42-39(27-12-5-2-6-13-27)44-40(43-38)30-17-9-19-33(41-30)45-31-18-8-16-29-28-15-7-14-24-20-21-25-22-23-32(45)37(36(29)31)35(25)34(24)28;1-3-8-20(9-4-1)23-18-26-25-13-7-10-21-14-15-22-16-17-27-32(30(22)29(21)25)31(26)28(19-23)33(27)24-11-5-2-6-12-24/h1-32H;1-23H;1-19H. The van der Waals surface area contributed by atoms with E-state index in [1.807, 2.05) is 72.8 Å². The molecule has 0 aliphatic carbocycles. The second-order valence-corrected chi connectivity index (χ2v) is 34.2. The average Bonchev–Trinajstić information content (AvgIpc) is 1.52. The zero-order valence-corrected chi connectivity index (χ0v) is 70.3. The molecule has 0 saturated heterocycles. The van der Waals surface area contributed by atoms with Gasteiger partial charge in [0.05, 0.1) is 33.1 Å². The van der Waals surface area contributed by atoms with Crippen molar-refractivity contribution in [1.82, 2.24) is 33.6 Å². The maximum absolute atomic E-state index is 5.23. The molecule has 8 nitrogen and oxygen atoms in total. The Labute approximate surface area is 746 Å². The fourth-order valence-electron chi connectivity index (χ4n) is 21.5. The van der Waals surface area contributed by atoms with E-state index < -0.39 is 0 Å². The molecule has 0 aliphatic rings. The minimum atomic E-state index is 0.537. The van der Waals surface area contributed by atoms with Gasteiger partial charge in [-0.25, -0.2) is 19.9 Å². The summed E-state index contributed by atoms with van der Waals surface area (Å²) >= 11 is 0. The van der Waals surface area contributed by atoms with Crippen molar-refractivity contribution in [3.63, 3.8) is 0 Å². The molecule has 602 valence electrons. The molecule has 0 atom stereocenters. The van der Waals surface area contributed by atoms with Gasteiger partial charge in [-0.2, -0.15) is 0 Å². The lowest BCUT2D eigenvalue weighted by molar-refractivity contribution is 1.03. The number of para-hydroxylation sites is 2. The van der Waals surface area contributed by atoms with Crippen LogP contribution in [0.4, 0.5) is 17.1 Å². The number of fused-ring (bicyclic) bond motifs is 3. The van der Waals surface area contributed by atoms with Crippen LogP contribution in [-0.4, -0.2) is 33.6 Å². The Bertz CT molecular complexity index is 9320. The van der Waals surface area contributed by atoms with Crippen LogP contribution in [0.15, 0.2) is 449 Å². The number of hydrogen-bond donors (Lipinski definition) is 0. The third kappa shape index (κ3) is 11.3. The fourth-order valence-corrected chi connectivity index (χ4v) is 21.5. The number of hydrogen-bond acceptors (Lipinski definition) is 5. The van der Waals surface area contributed by atoms with E-state index in [-0.39, 0.29) is 0 Å².